The summed E-state index contributed by atoms with van der Waals surface area (Å²) in [5.74, 6) is 0.433. The van der Waals surface area contributed by atoms with Crippen LogP contribution >= 0.6 is 0 Å². The van der Waals surface area contributed by atoms with Gasteiger partial charge in [0.15, 0.2) is 0 Å². The highest BCUT2D eigenvalue weighted by Gasteiger charge is 2.27. The van der Waals surface area contributed by atoms with E-state index >= 15 is 0 Å². The van der Waals surface area contributed by atoms with Crippen molar-refractivity contribution < 1.29 is 5.11 Å². The molecule has 0 aromatic heterocycles. The largest absolute Gasteiger partial charge is 0.393 e. The lowest BCUT2D eigenvalue weighted by Gasteiger charge is -2.37. The summed E-state index contributed by atoms with van der Waals surface area (Å²) in [5, 5.41) is 13.0. The molecule has 0 saturated carbocycles. The van der Waals surface area contributed by atoms with Crippen molar-refractivity contribution in [2.24, 2.45) is 5.92 Å². The molecule has 3 unspecified atom stereocenters. The van der Waals surface area contributed by atoms with Crippen LogP contribution in [0.5, 0.6) is 0 Å². The summed E-state index contributed by atoms with van der Waals surface area (Å²) >= 11 is 0. The molecule has 0 bridgehead atoms. The molecule has 2 N–H and O–H groups in total. The average molecular weight is 186 g/mol. The fraction of sp³-hybridized carbons (Fsp3) is 1.00. The maximum Gasteiger partial charge on any atom is 0.0553 e. The molecule has 1 saturated heterocycles. The number of hydrogen-bond donors (Lipinski definition) is 2. The third-order valence-electron chi connectivity index (χ3n) is 2.84. The molecule has 1 fully saturated rings. The zero-order chi connectivity index (χ0) is 9.84. The quantitative estimate of drug-likeness (QED) is 0.665. The summed E-state index contributed by atoms with van der Waals surface area (Å²) in [4.78, 5) is 2.30. The van der Waals surface area contributed by atoms with E-state index in [9.17, 15) is 5.11 Å². The van der Waals surface area contributed by atoms with Crippen molar-refractivity contribution in [3.8, 4) is 0 Å². The molecular formula is C10H22N2O. The van der Waals surface area contributed by atoms with Gasteiger partial charge in [0.05, 0.1) is 6.10 Å². The van der Waals surface area contributed by atoms with Crippen molar-refractivity contribution in [3.63, 3.8) is 0 Å². The molecule has 1 aliphatic rings. The maximum atomic E-state index is 9.53. The average Bonchev–Trinajstić information content (AvgIpc) is 2.03. The highest BCUT2D eigenvalue weighted by atomic mass is 16.3. The zero-order valence-corrected chi connectivity index (χ0v) is 8.95. The van der Waals surface area contributed by atoms with Gasteiger partial charge >= 0.3 is 0 Å². The van der Waals surface area contributed by atoms with Crippen molar-refractivity contribution in [3.05, 3.63) is 0 Å². The van der Waals surface area contributed by atoms with E-state index in [1.807, 2.05) is 6.92 Å². The van der Waals surface area contributed by atoms with Gasteiger partial charge < -0.3 is 15.3 Å². The van der Waals surface area contributed by atoms with Crippen LogP contribution in [-0.4, -0.2) is 48.8 Å². The summed E-state index contributed by atoms with van der Waals surface area (Å²) in [6.07, 6.45) is 0.930. The highest BCUT2D eigenvalue weighted by molar-refractivity contribution is 4.83. The Morgan fingerprint density at radius 2 is 2.23 bits per heavy atom. The first-order valence-corrected chi connectivity index (χ1v) is 5.23. The molecule has 0 amide bonds. The predicted octanol–water partition coefficient (Wildman–Crippen LogP) is 0.297. The summed E-state index contributed by atoms with van der Waals surface area (Å²) < 4.78 is 0. The molecule has 1 aliphatic heterocycles. The van der Waals surface area contributed by atoms with Crippen LogP contribution in [0.2, 0.25) is 0 Å². The third-order valence-corrected chi connectivity index (χ3v) is 2.84. The van der Waals surface area contributed by atoms with Gasteiger partial charge in [-0.25, -0.2) is 0 Å². The smallest absolute Gasteiger partial charge is 0.0553 e. The van der Waals surface area contributed by atoms with Crippen LogP contribution in [0, 0.1) is 5.92 Å². The standard InChI is InChI=1S/C10H22N2O/c1-4-11-10-5-9(8(2)13)6-12(3)7-10/h8-11,13H,4-7H2,1-3H3. The molecule has 0 aromatic rings. The lowest BCUT2D eigenvalue weighted by Crippen LogP contribution is -2.49. The number of nitrogens with zero attached hydrogens (tertiary/aromatic N) is 1. The first-order valence-electron chi connectivity index (χ1n) is 5.23. The van der Waals surface area contributed by atoms with E-state index in [1.54, 1.807) is 0 Å². The van der Waals surface area contributed by atoms with Crippen molar-refractivity contribution in [2.45, 2.75) is 32.4 Å². The van der Waals surface area contributed by atoms with Crippen LogP contribution in [0.1, 0.15) is 20.3 Å². The summed E-state index contributed by atoms with van der Waals surface area (Å²) in [6, 6.07) is 0.559. The predicted molar refractivity (Wildman–Crippen MR) is 54.7 cm³/mol. The second-order valence-corrected chi connectivity index (χ2v) is 4.21. The number of aliphatic hydroxyl groups is 1. The normalized spacial score (nSPS) is 33.2. The Morgan fingerprint density at radius 1 is 1.54 bits per heavy atom. The molecule has 0 aromatic carbocycles. The number of rotatable bonds is 3. The second-order valence-electron chi connectivity index (χ2n) is 4.21. The Morgan fingerprint density at radius 3 is 2.77 bits per heavy atom. The van der Waals surface area contributed by atoms with Crippen LogP contribution in [0.3, 0.4) is 0 Å². The summed E-state index contributed by atoms with van der Waals surface area (Å²) in [5.41, 5.74) is 0. The minimum atomic E-state index is -0.177. The molecule has 13 heavy (non-hydrogen) atoms. The first-order chi connectivity index (χ1) is 6.13. The van der Waals surface area contributed by atoms with E-state index in [1.165, 1.54) is 0 Å². The Bertz CT molecular complexity index is 150. The van der Waals surface area contributed by atoms with E-state index in [4.69, 9.17) is 0 Å². The highest BCUT2D eigenvalue weighted by Crippen LogP contribution is 2.18. The lowest BCUT2D eigenvalue weighted by molar-refractivity contribution is 0.0588. The van der Waals surface area contributed by atoms with Crippen LogP contribution in [-0.2, 0) is 0 Å². The molecule has 3 heteroatoms. The van der Waals surface area contributed by atoms with Gasteiger partial charge in [-0.15, -0.1) is 0 Å². The molecule has 1 heterocycles. The SMILES string of the molecule is CCNC1CC(C(C)O)CN(C)C1. The molecule has 3 atom stereocenters. The van der Waals surface area contributed by atoms with Crippen LogP contribution in [0.15, 0.2) is 0 Å². The zero-order valence-electron chi connectivity index (χ0n) is 8.95. The minimum absolute atomic E-state index is 0.177. The third kappa shape index (κ3) is 3.25. The number of piperidine rings is 1. The van der Waals surface area contributed by atoms with Crippen LogP contribution in [0.25, 0.3) is 0 Å². The van der Waals surface area contributed by atoms with E-state index < -0.39 is 0 Å². The van der Waals surface area contributed by atoms with E-state index in [0.29, 0.717) is 12.0 Å². The van der Waals surface area contributed by atoms with Gasteiger partial charge in [-0.1, -0.05) is 6.92 Å². The summed E-state index contributed by atoms with van der Waals surface area (Å²) in [7, 11) is 2.12. The van der Waals surface area contributed by atoms with Gasteiger partial charge in [-0.2, -0.15) is 0 Å². The molecule has 0 aliphatic carbocycles. The number of hydrogen-bond acceptors (Lipinski definition) is 3. The minimum Gasteiger partial charge on any atom is -0.393 e. The Hall–Kier alpha value is -0.120. The number of nitrogens with one attached hydrogen (secondary N) is 1. The monoisotopic (exact) mass is 186 g/mol. The van der Waals surface area contributed by atoms with E-state index in [0.717, 1.165) is 26.1 Å². The Balaban J connectivity index is 2.42. The molecule has 0 spiro atoms. The first kappa shape index (κ1) is 11.0. The fourth-order valence-corrected chi connectivity index (χ4v) is 2.15. The van der Waals surface area contributed by atoms with Gasteiger partial charge in [-0.3, -0.25) is 0 Å². The molecular weight excluding hydrogens is 164 g/mol. The van der Waals surface area contributed by atoms with Crippen LogP contribution in [0.4, 0.5) is 0 Å². The number of likely N-dealkylation sites (N-methyl/N-ethyl adjacent to an activating group) is 2. The maximum absolute atomic E-state index is 9.53. The molecule has 0 radical (unpaired) electrons. The van der Waals surface area contributed by atoms with Gasteiger partial charge in [0.1, 0.15) is 0 Å². The van der Waals surface area contributed by atoms with Crippen molar-refractivity contribution in [1.29, 1.82) is 0 Å². The summed E-state index contributed by atoms with van der Waals surface area (Å²) in [6.45, 7) is 7.18. The number of likely N-dealkylation sites (tertiary alicyclic amines) is 1. The van der Waals surface area contributed by atoms with Gasteiger partial charge in [0.2, 0.25) is 0 Å². The number of aliphatic hydroxyl groups excluding tert-OH is 1. The lowest BCUT2D eigenvalue weighted by atomic mass is 9.90. The Labute approximate surface area is 81.1 Å². The van der Waals surface area contributed by atoms with Crippen LogP contribution < -0.4 is 5.32 Å². The molecule has 1 rings (SSSR count). The Kier molecular flexibility index (Phi) is 4.16. The van der Waals surface area contributed by atoms with Crippen molar-refractivity contribution >= 4 is 0 Å². The molecule has 3 nitrogen and oxygen atoms in total. The van der Waals surface area contributed by atoms with Gasteiger partial charge in [0, 0.05) is 19.1 Å². The second kappa shape index (κ2) is 4.94. The van der Waals surface area contributed by atoms with E-state index in [2.05, 4.69) is 24.2 Å². The van der Waals surface area contributed by atoms with Gasteiger partial charge in [-0.05, 0) is 32.9 Å². The topological polar surface area (TPSA) is 35.5 Å². The van der Waals surface area contributed by atoms with Crippen molar-refractivity contribution in [1.82, 2.24) is 10.2 Å². The van der Waals surface area contributed by atoms with Gasteiger partial charge in [0.25, 0.3) is 0 Å². The molecule has 78 valence electrons. The van der Waals surface area contributed by atoms with Crippen molar-refractivity contribution in [2.75, 3.05) is 26.7 Å². The van der Waals surface area contributed by atoms with E-state index in [-0.39, 0.29) is 6.10 Å². The fourth-order valence-electron chi connectivity index (χ4n) is 2.15.